The van der Waals surface area contributed by atoms with Crippen molar-refractivity contribution in [3.05, 3.63) is 133 Å². The molecule has 0 atom stereocenters. The summed E-state index contributed by atoms with van der Waals surface area (Å²) in [6.07, 6.45) is 0. The minimum absolute atomic E-state index is 0.0150. The molecule has 0 fully saturated rings. The Balaban J connectivity index is 1.55. The van der Waals surface area contributed by atoms with Crippen molar-refractivity contribution in [3.8, 4) is 0 Å². The molecule has 0 aromatic heterocycles. The van der Waals surface area contributed by atoms with E-state index in [2.05, 4.69) is 120 Å². The molecular weight excluding hydrogens is 478 g/mol. The predicted octanol–water partition coefficient (Wildman–Crippen LogP) is 9.58. The van der Waals surface area contributed by atoms with Gasteiger partial charge in [-0.25, -0.2) is 0 Å². The zero-order valence-corrected chi connectivity index (χ0v) is 22.3. The summed E-state index contributed by atoms with van der Waals surface area (Å²) in [6, 6.07) is 42.7. The lowest BCUT2D eigenvalue weighted by atomic mass is 9.97. The van der Waals surface area contributed by atoms with Crippen LogP contribution in [0.15, 0.2) is 127 Å². The van der Waals surface area contributed by atoms with E-state index < -0.39 is 0 Å². The van der Waals surface area contributed by atoms with E-state index in [1.54, 1.807) is 14.0 Å². The second kappa shape index (κ2) is 10.1. The fraction of sp³-hybridized carbons (Fsp3) is 0.0833. The molecule has 0 radical (unpaired) electrons. The first kappa shape index (κ1) is 24.4. The average molecular weight is 508 g/mol. The van der Waals surface area contributed by atoms with Crippen molar-refractivity contribution in [2.24, 2.45) is 0 Å². The summed E-state index contributed by atoms with van der Waals surface area (Å²) in [5, 5.41) is 6.96. The number of carbonyl (C=O) groups is 1. The van der Waals surface area contributed by atoms with Crippen LogP contribution < -0.4 is 4.90 Å². The number of methoxy groups -OCH3 is 1. The summed E-state index contributed by atoms with van der Waals surface area (Å²) < 4.78 is 5.44. The van der Waals surface area contributed by atoms with Crippen LogP contribution in [0, 0.1) is 0 Å². The minimum atomic E-state index is -0.0150. The SMILES string of the molecule is CO/C(C)=C(\C(C)=O)c1ccc2ccc(N(c3ccc4ccccc4c3)c3ccc4ccccc4c3)cc2c1. The number of Topliss-reactive ketones (excluding diaryl/α,β-unsaturated/α-hetero) is 1. The van der Waals surface area contributed by atoms with Crippen molar-refractivity contribution in [1.29, 1.82) is 0 Å². The molecule has 0 bridgehead atoms. The Bertz CT molecular complexity index is 1820. The quantitative estimate of drug-likeness (QED) is 0.166. The highest BCUT2D eigenvalue weighted by molar-refractivity contribution is 6.20. The van der Waals surface area contributed by atoms with E-state index >= 15 is 0 Å². The molecule has 0 saturated carbocycles. The maximum Gasteiger partial charge on any atom is 0.163 e. The molecule has 3 heteroatoms. The Morgan fingerprint density at radius 3 is 1.46 bits per heavy atom. The first-order chi connectivity index (χ1) is 19.0. The number of carbonyl (C=O) groups excluding carboxylic acids is 1. The average Bonchev–Trinajstić information content (AvgIpc) is 2.97. The number of benzene rings is 6. The lowest BCUT2D eigenvalue weighted by molar-refractivity contribution is -0.111. The van der Waals surface area contributed by atoms with Gasteiger partial charge in [-0.05, 0) is 94.2 Å². The van der Waals surface area contributed by atoms with E-state index in [1.807, 2.05) is 13.0 Å². The van der Waals surface area contributed by atoms with Crippen LogP contribution in [0.1, 0.15) is 19.4 Å². The summed E-state index contributed by atoms with van der Waals surface area (Å²) in [7, 11) is 1.60. The fourth-order valence-corrected chi connectivity index (χ4v) is 5.36. The third-order valence-corrected chi connectivity index (χ3v) is 7.36. The van der Waals surface area contributed by atoms with Crippen LogP contribution in [0.25, 0.3) is 37.9 Å². The molecule has 0 unspecified atom stereocenters. The van der Waals surface area contributed by atoms with Gasteiger partial charge < -0.3 is 9.64 Å². The molecule has 3 nitrogen and oxygen atoms in total. The summed E-state index contributed by atoms with van der Waals surface area (Å²) in [5.74, 6) is 0.603. The minimum Gasteiger partial charge on any atom is -0.501 e. The molecule has 39 heavy (non-hydrogen) atoms. The van der Waals surface area contributed by atoms with E-state index in [9.17, 15) is 4.79 Å². The number of fused-ring (bicyclic) bond motifs is 3. The highest BCUT2D eigenvalue weighted by atomic mass is 16.5. The van der Waals surface area contributed by atoms with Crippen molar-refractivity contribution in [2.75, 3.05) is 12.0 Å². The first-order valence-electron chi connectivity index (χ1n) is 13.1. The highest BCUT2D eigenvalue weighted by Crippen LogP contribution is 2.39. The maximum absolute atomic E-state index is 12.5. The number of anilines is 3. The smallest absolute Gasteiger partial charge is 0.163 e. The van der Waals surface area contributed by atoms with Gasteiger partial charge in [-0.1, -0.05) is 78.9 Å². The topological polar surface area (TPSA) is 29.5 Å². The van der Waals surface area contributed by atoms with Crippen LogP contribution in [0.3, 0.4) is 0 Å². The van der Waals surface area contributed by atoms with Crippen LogP contribution in [0.2, 0.25) is 0 Å². The van der Waals surface area contributed by atoms with Gasteiger partial charge in [0.15, 0.2) is 5.78 Å². The Morgan fingerprint density at radius 1 is 0.538 bits per heavy atom. The van der Waals surface area contributed by atoms with Gasteiger partial charge in [0.05, 0.1) is 12.7 Å². The van der Waals surface area contributed by atoms with Crippen molar-refractivity contribution in [3.63, 3.8) is 0 Å². The van der Waals surface area contributed by atoms with E-state index in [1.165, 1.54) is 21.5 Å². The van der Waals surface area contributed by atoms with Crippen molar-refractivity contribution >= 4 is 60.7 Å². The number of hydrogen-bond acceptors (Lipinski definition) is 3. The monoisotopic (exact) mass is 507 g/mol. The van der Waals surface area contributed by atoms with Gasteiger partial charge in [-0.15, -0.1) is 0 Å². The number of hydrogen-bond donors (Lipinski definition) is 0. The number of ether oxygens (including phenoxy) is 1. The predicted molar refractivity (Wildman–Crippen MR) is 164 cm³/mol. The van der Waals surface area contributed by atoms with Gasteiger partial charge in [-0.3, -0.25) is 4.79 Å². The lowest BCUT2D eigenvalue weighted by Gasteiger charge is -2.26. The van der Waals surface area contributed by atoms with Gasteiger partial charge in [0, 0.05) is 17.1 Å². The Hall–Kier alpha value is -4.89. The molecule has 0 aliphatic carbocycles. The van der Waals surface area contributed by atoms with E-state index in [-0.39, 0.29) is 5.78 Å². The van der Waals surface area contributed by atoms with E-state index in [0.29, 0.717) is 11.3 Å². The fourth-order valence-electron chi connectivity index (χ4n) is 5.36. The molecule has 6 aromatic rings. The van der Waals surface area contributed by atoms with Crippen molar-refractivity contribution in [1.82, 2.24) is 0 Å². The molecule has 0 N–H and O–H groups in total. The third-order valence-electron chi connectivity index (χ3n) is 7.36. The normalized spacial score (nSPS) is 12.0. The number of allylic oxidation sites excluding steroid dienone is 2. The maximum atomic E-state index is 12.5. The second-order valence-corrected chi connectivity index (χ2v) is 9.84. The molecule has 0 amide bonds. The molecule has 0 aliphatic heterocycles. The number of nitrogens with zero attached hydrogens (tertiary/aromatic N) is 1. The standard InChI is InChI=1S/C36H29NO2/c1-24(38)36(25(2)39-3)31-13-12-28-16-19-35(23-32(28)20-31)37(33-17-14-26-8-4-6-10-29(26)21-33)34-18-15-27-9-5-7-11-30(27)22-34/h4-23H,1-3H3/b36-25+. The van der Waals surface area contributed by atoms with E-state index in [0.717, 1.165) is 33.4 Å². The molecule has 0 saturated heterocycles. The van der Waals surface area contributed by atoms with Gasteiger partial charge in [0.25, 0.3) is 0 Å². The molecular formula is C36H29NO2. The van der Waals surface area contributed by atoms with Crippen LogP contribution in [0.4, 0.5) is 17.1 Å². The zero-order valence-electron chi connectivity index (χ0n) is 22.3. The van der Waals surface area contributed by atoms with Crippen LogP contribution in [-0.2, 0) is 9.53 Å². The molecule has 0 spiro atoms. The zero-order chi connectivity index (χ0) is 26.9. The highest BCUT2D eigenvalue weighted by Gasteiger charge is 2.16. The molecule has 0 heterocycles. The van der Waals surface area contributed by atoms with Crippen molar-refractivity contribution < 1.29 is 9.53 Å². The summed E-state index contributed by atoms with van der Waals surface area (Å²) in [6.45, 7) is 3.41. The summed E-state index contributed by atoms with van der Waals surface area (Å²) in [5.41, 5.74) is 4.67. The number of rotatable bonds is 6. The van der Waals surface area contributed by atoms with Crippen LogP contribution >= 0.6 is 0 Å². The van der Waals surface area contributed by atoms with Gasteiger partial charge in [-0.2, -0.15) is 0 Å². The van der Waals surface area contributed by atoms with Crippen molar-refractivity contribution in [2.45, 2.75) is 13.8 Å². The van der Waals surface area contributed by atoms with Gasteiger partial charge >= 0.3 is 0 Å². The number of ketones is 1. The lowest BCUT2D eigenvalue weighted by Crippen LogP contribution is -2.10. The second-order valence-electron chi connectivity index (χ2n) is 9.84. The van der Waals surface area contributed by atoms with Crippen LogP contribution in [-0.4, -0.2) is 12.9 Å². The molecule has 0 aliphatic rings. The van der Waals surface area contributed by atoms with E-state index in [4.69, 9.17) is 4.74 Å². The Labute approximate surface area is 228 Å². The Morgan fingerprint density at radius 2 is 0.974 bits per heavy atom. The largest absolute Gasteiger partial charge is 0.501 e. The van der Waals surface area contributed by atoms with Crippen LogP contribution in [0.5, 0.6) is 0 Å². The summed E-state index contributed by atoms with van der Waals surface area (Å²) in [4.78, 5) is 14.8. The third kappa shape index (κ3) is 4.64. The summed E-state index contributed by atoms with van der Waals surface area (Å²) >= 11 is 0. The molecule has 6 rings (SSSR count). The Kier molecular flexibility index (Phi) is 6.34. The molecule has 190 valence electrons. The first-order valence-corrected chi connectivity index (χ1v) is 13.1. The molecule has 6 aromatic carbocycles. The van der Waals surface area contributed by atoms with Gasteiger partial charge in [0.2, 0.25) is 0 Å². The van der Waals surface area contributed by atoms with Gasteiger partial charge in [0.1, 0.15) is 5.76 Å².